The van der Waals surface area contributed by atoms with Gasteiger partial charge in [-0.2, -0.15) is 10.4 Å². The summed E-state index contributed by atoms with van der Waals surface area (Å²) in [5.74, 6) is -0.392. The lowest BCUT2D eigenvalue weighted by atomic mass is 9.79. The molecule has 0 aromatic carbocycles. The van der Waals surface area contributed by atoms with Gasteiger partial charge in [-0.05, 0) is 12.5 Å². The Bertz CT molecular complexity index is 1380. The van der Waals surface area contributed by atoms with Gasteiger partial charge in [0.15, 0.2) is 0 Å². The molecule has 2 saturated heterocycles. The van der Waals surface area contributed by atoms with E-state index in [2.05, 4.69) is 39.1 Å². The van der Waals surface area contributed by atoms with Crippen molar-refractivity contribution in [3.63, 3.8) is 0 Å². The number of aromatic nitrogens is 4. The molecule has 3 aromatic heterocycles. The Labute approximate surface area is 207 Å². The summed E-state index contributed by atoms with van der Waals surface area (Å²) in [6.45, 7) is 5.97. The van der Waals surface area contributed by atoms with Crippen molar-refractivity contribution in [2.24, 2.45) is 11.1 Å². The van der Waals surface area contributed by atoms with Gasteiger partial charge in [0.05, 0.1) is 52.8 Å². The number of nitrogens with zero attached hydrogens (tertiary/aromatic N) is 7. The zero-order chi connectivity index (χ0) is 25.6. The number of primary amides is 1. The number of carbonyl (C=O) groups is 2. The minimum absolute atomic E-state index is 0.0231. The van der Waals surface area contributed by atoms with Crippen molar-refractivity contribution < 1.29 is 14.7 Å². The average molecular weight is 490 g/mol. The molecule has 0 spiro atoms. The molecule has 2 aliphatic rings. The molecule has 0 unspecified atom stereocenters. The van der Waals surface area contributed by atoms with E-state index in [0.29, 0.717) is 54.5 Å². The first-order valence-electron chi connectivity index (χ1n) is 11.7. The molecule has 3 aromatic rings. The standard InChI is InChI=1S/C24H27N9O3/c1-24(2)13-31(23-27-9-14(8-25)10-28-23)5-4-19(24)30-20-16(21(26)35)11-29-33-12-15(7-17(20)33)32-6-3-18(34)22(32)36/h7,9-12,18-19,30,34H,3-6,13H2,1-2H3,(H2,26,35)/t18-,19-/m1/s1. The maximum atomic E-state index is 12.4. The Balaban J connectivity index is 1.44. The Morgan fingerprint density at radius 2 is 2.00 bits per heavy atom. The number of aliphatic hydroxyl groups excluding tert-OH is 1. The van der Waals surface area contributed by atoms with Gasteiger partial charge in [-0.3, -0.25) is 9.59 Å². The summed E-state index contributed by atoms with van der Waals surface area (Å²) in [5, 5.41) is 26.7. The minimum atomic E-state index is -1.01. The van der Waals surface area contributed by atoms with E-state index in [1.165, 1.54) is 23.5 Å². The molecular formula is C24H27N9O3. The SMILES string of the molecule is CC1(C)CN(c2ncc(C#N)cn2)CC[C@H]1Nc1c(C(N)=O)cnn2cc(N3CC[C@@H](O)C3=O)cc12. The quantitative estimate of drug-likeness (QED) is 0.472. The zero-order valence-electron chi connectivity index (χ0n) is 20.0. The van der Waals surface area contributed by atoms with Crippen LogP contribution in [-0.2, 0) is 4.79 Å². The summed E-state index contributed by atoms with van der Waals surface area (Å²) in [6.07, 6.45) is 6.25. The Morgan fingerprint density at radius 1 is 1.25 bits per heavy atom. The summed E-state index contributed by atoms with van der Waals surface area (Å²) in [7, 11) is 0. The maximum absolute atomic E-state index is 12.4. The van der Waals surface area contributed by atoms with Crippen molar-refractivity contribution in [2.45, 2.75) is 38.8 Å². The minimum Gasteiger partial charge on any atom is -0.383 e. The fourth-order valence-corrected chi connectivity index (χ4v) is 4.96. The number of nitrogens with two attached hydrogens (primary N) is 1. The molecule has 12 nitrogen and oxygen atoms in total. The van der Waals surface area contributed by atoms with E-state index in [9.17, 15) is 14.7 Å². The van der Waals surface area contributed by atoms with E-state index in [1.54, 1.807) is 16.8 Å². The molecule has 2 fully saturated rings. The molecule has 0 radical (unpaired) electrons. The Hall–Kier alpha value is -4.24. The maximum Gasteiger partial charge on any atom is 0.255 e. The van der Waals surface area contributed by atoms with Crippen molar-refractivity contribution in [1.82, 2.24) is 19.6 Å². The number of carbonyl (C=O) groups excluding carboxylic acids is 2. The second-order valence-electron chi connectivity index (χ2n) is 9.90. The average Bonchev–Trinajstić information content (AvgIpc) is 3.43. The topological polar surface area (TPSA) is 166 Å². The van der Waals surface area contributed by atoms with Crippen LogP contribution in [0.1, 0.15) is 42.6 Å². The van der Waals surface area contributed by atoms with Gasteiger partial charge in [0, 0.05) is 37.5 Å². The van der Waals surface area contributed by atoms with Crippen molar-refractivity contribution in [2.75, 3.05) is 34.8 Å². The number of nitrogens with one attached hydrogen (secondary N) is 1. The highest BCUT2D eigenvalue weighted by atomic mass is 16.3. The molecule has 2 atom stereocenters. The molecule has 0 saturated carbocycles. The Kier molecular flexibility index (Phi) is 5.72. The molecular weight excluding hydrogens is 462 g/mol. The molecule has 2 aliphatic heterocycles. The van der Waals surface area contributed by atoms with Crippen LogP contribution in [-0.4, -0.2) is 68.3 Å². The number of hydrogen-bond donors (Lipinski definition) is 3. The second-order valence-corrected chi connectivity index (χ2v) is 9.90. The number of anilines is 3. The lowest BCUT2D eigenvalue weighted by molar-refractivity contribution is -0.123. The van der Waals surface area contributed by atoms with E-state index in [4.69, 9.17) is 11.0 Å². The third-order valence-corrected chi connectivity index (χ3v) is 6.98. The normalized spacial score (nSPS) is 21.6. The van der Waals surface area contributed by atoms with Gasteiger partial charge in [0.1, 0.15) is 12.2 Å². The largest absolute Gasteiger partial charge is 0.383 e. The van der Waals surface area contributed by atoms with Crippen LogP contribution in [0.25, 0.3) is 5.52 Å². The van der Waals surface area contributed by atoms with E-state index in [1.807, 2.05) is 6.07 Å². The number of hydrogen-bond acceptors (Lipinski definition) is 9. The number of nitriles is 1. The van der Waals surface area contributed by atoms with Gasteiger partial charge in [-0.15, -0.1) is 0 Å². The molecule has 36 heavy (non-hydrogen) atoms. The third kappa shape index (κ3) is 4.07. The highest BCUT2D eigenvalue weighted by molar-refractivity contribution is 6.03. The van der Waals surface area contributed by atoms with Crippen molar-refractivity contribution in [3.8, 4) is 6.07 Å². The summed E-state index contributed by atoms with van der Waals surface area (Å²) >= 11 is 0. The van der Waals surface area contributed by atoms with E-state index in [0.717, 1.165) is 6.42 Å². The predicted octanol–water partition coefficient (Wildman–Crippen LogP) is 0.909. The first kappa shape index (κ1) is 23.5. The monoisotopic (exact) mass is 489 g/mol. The van der Waals surface area contributed by atoms with Crippen molar-refractivity contribution in [1.29, 1.82) is 5.26 Å². The van der Waals surface area contributed by atoms with Crippen molar-refractivity contribution >= 4 is 34.7 Å². The third-order valence-electron chi connectivity index (χ3n) is 6.98. The summed E-state index contributed by atoms with van der Waals surface area (Å²) in [4.78, 5) is 36.9. The molecule has 186 valence electrons. The first-order chi connectivity index (χ1) is 17.2. The lowest BCUT2D eigenvalue weighted by Gasteiger charge is -2.45. The van der Waals surface area contributed by atoms with Gasteiger partial charge < -0.3 is 26.0 Å². The van der Waals surface area contributed by atoms with Gasteiger partial charge in [-0.1, -0.05) is 13.8 Å². The Morgan fingerprint density at radius 3 is 2.61 bits per heavy atom. The van der Waals surface area contributed by atoms with Gasteiger partial charge in [-0.25, -0.2) is 14.5 Å². The fraction of sp³-hybridized carbons (Fsp3) is 0.417. The number of aliphatic hydroxyl groups is 1. The fourth-order valence-electron chi connectivity index (χ4n) is 4.96. The zero-order valence-corrected chi connectivity index (χ0v) is 20.0. The molecule has 4 N–H and O–H groups in total. The van der Waals surface area contributed by atoms with Crippen LogP contribution in [0.5, 0.6) is 0 Å². The molecule has 0 bridgehead atoms. The lowest BCUT2D eigenvalue weighted by Crippen LogP contribution is -2.52. The summed E-state index contributed by atoms with van der Waals surface area (Å²) < 4.78 is 1.61. The van der Waals surface area contributed by atoms with Crippen LogP contribution in [0.15, 0.2) is 30.9 Å². The van der Waals surface area contributed by atoms with Crippen LogP contribution in [0.4, 0.5) is 17.3 Å². The second kappa shape index (κ2) is 8.76. The highest BCUT2D eigenvalue weighted by Crippen LogP contribution is 2.36. The number of piperidine rings is 1. The van der Waals surface area contributed by atoms with Crippen LogP contribution >= 0.6 is 0 Å². The predicted molar refractivity (Wildman–Crippen MR) is 131 cm³/mol. The van der Waals surface area contributed by atoms with Crippen molar-refractivity contribution in [3.05, 3.63) is 42.0 Å². The summed E-state index contributed by atoms with van der Waals surface area (Å²) in [5.41, 5.74) is 7.87. The molecule has 5 rings (SSSR count). The van der Waals surface area contributed by atoms with Crippen LogP contribution in [0, 0.1) is 16.7 Å². The molecule has 5 heterocycles. The van der Waals surface area contributed by atoms with E-state index < -0.39 is 12.0 Å². The van der Waals surface area contributed by atoms with E-state index >= 15 is 0 Å². The first-order valence-corrected chi connectivity index (χ1v) is 11.7. The van der Waals surface area contributed by atoms with Gasteiger partial charge >= 0.3 is 0 Å². The van der Waals surface area contributed by atoms with Crippen LogP contribution in [0.3, 0.4) is 0 Å². The van der Waals surface area contributed by atoms with Gasteiger partial charge in [0.2, 0.25) is 5.95 Å². The van der Waals surface area contributed by atoms with Crippen LogP contribution < -0.4 is 20.9 Å². The van der Waals surface area contributed by atoms with Crippen LogP contribution in [0.2, 0.25) is 0 Å². The number of amides is 2. The molecule has 12 heteroatoms. The number of rotatable bonds is 5. The van der Waals surface area contributed by atoms with E-state index in [-0.39, 0.29) is 22.9 Å². The number of fused-ring (bicyclic) bond motifs is 1. The molecule has 0 aliphatic carbocycles. The van der Waals surface area contributed by atoms with Gasteiger partial charge in [0.25, 0.3) is 11.8 Å². The highest BCUT2D eigenvalue weighted by Gasteiger charge is 2.38. The molecule has 2 amide bonds. The smallest absolute Gasteiger partial charge is 0.255 e. The summed E-state index contributed by atoms with van der Waals surface area (Å²) in [6, 6.07) is 3.79.